The first-order valence-corrected chi connectivity index (χ1v) is 10.3. The van der Waals surface area contributed by atoms with Crippen molar-refractivity contribution < 1.29 is 19.5 Å². The van der Waals surface area contributed by atoms with Crippen LogP contribution in [-0.2, 0) is 6.54 Å². The molecule has 2 aromatic carbocycles. The Hall–Kier alpha value is -3.32. The fourth-order valence-electron chi connectivity index (χ4n) is 3.52. The van der Waals surface area contributed by atoms with Crippen LogP contribution in [-0.4, -0.2) is 46.8 Å². The molecule has 31 heavy (non-hydrogen) atoms. The summed E-state index contributed by atoms with van der Waals surface area (Å²) in [6, 6.07) is 10.8. The summed E-state index contributed by atoms with van der Waals surface area (Å²) in [5, 5.41) is 27.6. The van der Waals surface area contributed by atoms with E-state index in [1.54, 1.807) is 6.07 Å². The second-order valence-corrected chi connectivity index (χ2v) is 8.11. The van der Waals surface area contributed by atoms with Gasteiger partial charge in [0, 0.05) is 19.2 Å². The van der Waals surface area contributed by atoms with Crippen molar-refractivity contribution in [3.63, 3.8) is 0 Å². The Bertz CT molecular complexity index is 1070. The zero-order chi connectivity index (χ0) is 22.7. The lowest BCUT2D eigenvalue weighted by atomic mass is 9.94. The van der Waals surface area contributed by atoms with Crippen LogP contribution in [0.3, 0.4) is 0 Å². The summed E-state index contributed by atoms with van der Waals surface area (Å²) in [7, 11) is 4.00. The second-order valence-electron chi connectivity index (χ2n) is 8.11. The van der Waals surface area contributed by atoms with E-state index >= 15 is 0 Å². The Balaban J connectivity index is 2.19. The number of aromatic hydroxyl groups is 2. The maximum Gasteiger partial charge on any atom is 0.274 e. The van der Waals surface area contributed by atoms with E-state index in [0.29, 0.717) is 23.2 Å². The first-order chi connectivity index (χ1) is 14.7. The number of phenols is 2. The molecule has 0 saturated carbocycles. The summed E-state index contributed by atoms with van der Waals surface area (Å²) < 4.78 is 5.59. The van der Waals surface area contributed by atoms with Crippen molar-refractivity contribution in [2.75, 3.05) is 20.6 Å². The van der Waals surface area contributed by atoms with E-state index in [4.69, 9.17) is 4.52 Å². The van der Waals surface area contributed by atoms with E-state index in [2.05, 4.69) is 15.4 Å². The van der Waals surface area contributed by atoms with Crippen LogP contribution in [0.5, 0.6) is 11.5 Å². The standard InChI is InChI=1S/C24H29N3O4/c1-6-25-24(30)22-21(16-9-7-15(8-10-16)13-27(4)5)23(31-26-22)18-11-17(14(2)3)19(28)12-20(18)29/h7-12,14,28-29H,6,13H2,1-5H3,(H,25,30). The minimum atomic E-state index is -0.354. The molecule has 1 aromatic heterocycles. The summed E-state index contributed by atoms with van der Waals surface area (Å²) in [6.45, 7) is 6.96. The summed E-state index contributed by atoms with van der Waals surface area (Å²) >= 11 is 0. The number of nitrogens with zero attached hydrogens (tertiary/aromatic N) is 2. The molecule has 0 unspecified atom stereocenters. The topological polar surface area (TPSA) is 98.8 Å². The van der Waals surface area contributed by atoms with Gasteiger partial charge < -0.3 is 25.0 Å². The molecule has 3 N–H and O–H groups in total. The van der Waals surface area contributed by atoms with Gasteiger partial charge in [0.1, 0.15) is 11.5 Å². The predicted molar refractivity (Wildman–Crippen MR) is 120 cm³/mol. The molecule has 3 rings (SSSR count). The quantitative estimate of drug-likeness (QED) is 0.522. The zero-order valence-corrected chi connectivity index (χ0v) is 18.6. The number of aromatic nitrogens is 1. The monoisotopic (exact) mass is 423 g/mol. The number of carbonyl (C=O) groups excluding carboxylic acids is 1. The largest absolute Gasteiger partial charge is 0.508 e. The maximum atomic E-state index is 12.7. The number of benzene rings is 2. The van der Waals surface area contributed by atoms with Crippen LogP contribution < -0.4 is 5.32 Å². The van der Waals surface area contributed by atoms with Gasteiger partial charge in [-0.05, 0) is 49.7 Å². The van der Waals surface area contributed by atoms with Crippen LogP contribution >= 0.6 is 0 Å². The van der Waals surface area contributed by atoms with Gasteiger partial charge in [0.25, 0.3) is 5.91 Å². The van der Waals surface area contributed by atoms with Crippen LogP contribution in [0, 0.1) is 0 Å². The zero-order valence-electron chi connectivity index (χ0n) is 18.6. The fraction of sp³-hybridized carbons (Fsp3) is 0.333. The predicted octanol–water partition coefficient (Wildman–Crippen LogP) is 4.35. The van der Waals surface area contributed by atoms with E-state index in [0.717, 1.165) is 17.7 Å². The molecule has 0 aliphatic heterocycles. The molecule has 1 heterocycles. The first-order valence-electron chi connectivity index (χ1n) is 10.3. The van der Waals surface area contributed by atoms with E-state index in [1.807, 2.05) is 59.1 Å². The molecule has 0 aliphatic carbocycles. The molecular weight excluding hydrogens is 394 g/mol. The number of hydrogen-bond donors (Lipinski definition) is 3. The minimum absolute atomic E-state index is 0.00861. The van der Waals surface area contributed by atoms with E-state index in [9.17, 15) is 15.0 Å². The van der Waals surface area contributed by atoms with Gasteiger partial charge in [0.2, 0.25) is 0 Å². The fourth-order valence-corrected chi connectivity index (χ4v) is 3.52. The molecule has 0 bridgehead atoms. The van der Waals surface area contributed by atoms with Gasteiger partial charge in [0.05, 0.1) is 11.1 Å². The Kier molecular flexibility index (Phi) is 6.65. The minimum Gasteiger partial charge on any atom is -0.508 e. The number of nitrogens with one attached hydrogen (secondary N) is 1. The lowest BCUT2D eigenvalue weighted by Gasteiger charge is -2.13. The molecule has 3 aromatic rings. The number of amides is 1. The van der Waals surface area contributed by atoms with Crippen molar-refractivity contribution in [1.82, 2.24) is 15.4 Å². The van der Waals surface area contributed by atoms with Gasteiger partial charge >= 0.3 is 0 Å². The molecule has 0 saturated heterocycles. The van der Waals surface area contributed by atoms with Crippen molar-refractivity contribution in [1.29, 1.82) is 0 Å². The summed E-state index contributed by atoms with van der Waals surface area (Å²) in [4.78, 5) is 14.7. The van der Waals surface area contributed by atoms with Gasteiger partial charge in [-0.1, -0.05) is 43.3 Å². The molecule has 0 atom stereocenters. The number of carbonyl (C=O) groups is 1. The number of phenolic OH excluding ortho intramolecular Hbond substituents is 2. The Morgan fingerprint density at radius 1 is 1.13 bits per heavy atom. The highest BCUT2D eigenvalue weighted by Crippen LogP contribution is 2.43. The molecule has 0 radical (unpaired) electrons. The van der Waals surface area contributed by atoms with Gasteiger partial charge in [-0.15, -0.1) is 0 Å². The first kappa shape index (κ1) is 22.4. The summed E-state index contributed by atoms with van der Waals surface area (Å²) in [5.74, 6) is -0.188. The van der Waals surface area contributed by atoms with E-state index in [-0.39, 0.29) is 34.8 Å². The average Bonchev–Trinajstić information content (AvgIpc) is 3.13. The third-order valence-electron chi connectivity index (χ3n) is 5.00. The van der Waals surface area contributed by atoms with Gasteiger partial charge in [-0.3, -0.25) is 4.79 Å². The van der Waals surface area contributed by atoms with Gasteiger partial charge in [0.15, 0.2) is 11.5 Å². The van der Waals surface area contributed by atoms with Crippen LogP contribution in [0.15, 0.2) is 40.9 Å². The second kappa shape index (κ2) is 9.22. The summed E-state index contributed by atoms with van der Waals surface area (Å²) in [6.07, 6.45) is 0. The number of rotatable bonds is 7. The van der Waals surface area contributed by atoms with Crippen molar-refractivity contribution in [2.45, 2.75) is 33.2 Å². The highest BCUT2D eigenvalue weighted by Gasteiger charge is 2.27. The molecule has 0 spiro atoms. The lowest BCUT2D eigenvalue weighted by molar-refractivity contribution is 0.0947. The molecule has 0 fully saturated rings. The van der Waals surface area contributed by atoms with Crippen LogP contribution in [0.4, 0.5) is 0 Å². The third kappa shape index (κ3) is 4.72. The van der Waals surface area contributed by atoms with Crippen LogP contribution in [0.1, 0.15) is 48.3 Å². The molecule has 0 aliphatic rings. The smallest absolute Gasteiger partial charge is 0.274 e. The average molecular weight is 424 g/mol. The van der Waals surface area contributed by atoms with Crippen LogP contribution in [0.25, 0.3) is 22.5 Å². The Morgan fingerprint density at radius 2 is 1.81 bits per heavy atom. The van der Waals surface area contributed by atoms with E-state index in [1.165, 1.54) is 6.07 Å². The molecular formula is C24H29N3O4. The van der Waals surface area contributed by atoms with Gasteiger partial charge in [-0.2, -0.15) is 0 Å². The highest BCUT2D eigenvalue weighted by molar-refractivity contribution is 6.02. The van der Waals surface area contributed by atoms with Crippen molar-refractivity contribution in [3.8, 4) is 33.9 Å². The van der Waals surface area contributed by atoms with Crippen molar-refractivity contribution >= 4 is 5.91 Å². The van der Waals surface area contributed by atoms with Crippen molar-refractivity contribution in [3.05, 3.63) is 53.2 Å². The van der Waals surface area contributed by atoms with Crippen LogP contribution in [0.2, 0.25) is 0 Å². The Morgan fingerprint density at radius 3 is 2.39 bits per heavy atom. The lowest BCUT2D eigenvalue weighted by Crippen LogP contribution is -2.23. The Labute approximate surface area is 182 Å². The molecule has 1 amide bonds. The molecule has 7 nitrogen and oxygen atoms in total. The van der Waals surface area contributed by atoms with E-state index < -0.39 is 0 Å². The molecule has 164 valence electrons. The van der Waals surface area contributed by atoms with Gasteiger partial charge in [-0.25, -0.2) is 0 Å². The van der Waals surface area contributed by atoms with Crippen molar-refractivity contribution in [2.24, 2.45) is 0 Å². The number of hydrogen-bond acceptors (Lipinski definition) is 6. The SMILES string of the molecule is CCNC(=O)c1noc(-c2cc(C(C)C)c(O)cc2O)c1-c1ccc(CN(C)C)cc1. The maximum absolute atomic E-state index is 12.7. The normalized spacial score (nSPS) is 11.3. The highest BCUT2D eigenvalue weighted by atomic mass is 16.5. The third-order valence-corrected chi connectivity index (χ3v) is 5.00. The summed E-state index contributed by atoms with van der Waals surface area (Å²) in [5.41, 5.74) is 3.56. The molecule has 7 heteroatoms.